The summed E-state index contributed by atoms with van der Waals surface area (Å²) in [7, 11) is 0. The second kappa shape index (κ2) is 6.50. The lowest BCUT2D eigenvalue weighted by Gasteiger charge is -2.20. The van der Waals surface area contributed by atoms with Crippen LogP contribution >= 0.6 is 0 Å². The normalized spacial score (nSPS) is 14.0. The molecule has 1 atom stereocenters. The molecule has 3 rings (SSSR count). The van der Waals surface area contributed by atoms with Gasteiger partial charge in [-0.3, -0.25) is 0 Å². The van der Waals surface area contributed by atoms with Gasteiger partial charge in [-0.05, 0) is 24.2 Å². The van der Waals surface area contributed by atoms with Crippen LogP contribution in [0.3, 0.4) is 0 Å². The molecule has 1 N–H and O–H groups in total. The van der Waals surface area contributed by atoms with E-state index in [-0.39, 0.29) is 12.9 Å². The first-order chi connectivity index (χ1) is 10.4. The van der Waals surface area contributed by atoms with Crippen molar-refractivity contribution < 1.29 is 14.2 Å². The Morgan fingerprint density at radius 1 is 1.10 bits per heavy atom. The van der Waals surface area contributed by atoms with Crippen LogP contribution in [0.2, 0.25) is 0 Å². The van der Waals surface area contributed by atoms with Crippen molar-refractivity contribution in [1.29, 1.82) is 0 Å². The summed E-state index contributed by atoms with van der Waals surface area (Å²) in [6.45, 7) is 4.03. The van der Waals surface area contributed by atoms with Crippen LogP contribution in [0.15, 0.2) is 48.5 Å². The van der Waals surface area contributed by atoms with Crippen LogP contribution in [0.5, 0.6) is 17.2 Å². The van der Waals surface area contributed by atoms with Gasteiger partial charge in [0.05, 0.1) is 0 Å². The molecule has 0 aliphatic carbocycles. The molecule has 0 fully saturated rings. The van der Waals surface area contributed by atoms with Crippen molar-refractivity contribution in [2.75, 3.05) is 19.9 Å². The lowest BCUT2D eigenvalue weighted by atomic mass is 10.1. The predicted molar refractivity (Wildman–Crippen MR) is 80.9 cm³/mol. The monoisotopic (exact) mass is 285 g/mol. The molecule has 2 aromatic rings. The van der Waals surface area contributed by atoms with Crippen LogP contribution in [-0.4, -0.2) is 19.9 Å². The van der Waals surface area contributed by atoms with E-state index in [1.807, 2.05) is 36.4 Å². The zero-order chi connectivity index (χ0) is 14.5. The Kier molecular flexibility index (Phi) is 4.26. The molecule has 0 spiro atoms. The third-order valence-electron chi connectivity index (χ3n) is 3.37. The van der Waals surface area contributed by atoms with E-state index in [2.05, 4.69) is 24.4 Å². The highest BCUT2D eigenvalue weighted by molar-refractivity contribution is 5.47. The van der Waals surface area contributed by atoms with Gasteiger partial charge in [0.25, 0.3) is 0 Å². The van der Waals surface area contributed by atoms with Gasteiger partial charge in [-0.1, -0.05) is 37.3 Å². The van der Waals surface area contributed by atoms with Crippen LogP contribution < -0.4 is 19.5 Å². The molecule has 1 aliphatic rings. The van der Waals surface area contributed by atoms with E-state index in [4.69, 9.17) is 14.2 Å². The topological polar surface area (TPSA) is 39.7 Å². The van der Waals surface area contributed by atoms with Gasteiger partial charge in [-0.25, -0.2) is 0 Å². The average Bonchev–Trinajstić information content (AvgIpc) is 3.00. The summed E-state index contributed by atoms with van der Waals surface area (Å²) in [4.78, 5) is 0. The molecule has 0 saturated heterocycles. The first-order valence-corrected chi connectivity index (χ1v) is 7.19. The summed E-state index contributed by atoms with van der Waals surface area (Å²) in [6, 6.07) is 15.9. The molecule has 1 unspecified atom stereocenters. The van der Waals surface area contributed by atoms with E-state index in [1.165, 1.54) is 0 Å². The van der Waals surface area contributed by atoms with Gasteiger partial charge in [0.15, 0.2) is 11.5 Å². The molecule has 1 heterocycles. The maximum Gasteiger partial charge on any atom is 0.231 e. The summed E-state index contributed by atoms with van der Waals surface area (Å²) in [6.07, 6.45) is -0.0356. The van der Waals surface area contributed by atoms with Crippen molar-refractivity contribution in [3.05, 3.63) is 54.1 Å². The number of nitrogens with one attached hydrogen (secondary N) is 1. The smallest absolute Gasteiger partial charge is 0.231 e. The van der Waals surface area contributed by atoms with E-state index < -0.39 is 0 Å². The molecule has 4 heteroatoms. The summed E-state index contributed by atoms with van der Waals surface area (Å²) < 4.78 is 16.8. The minimum atomic E-state index is -0.0356. The number of hydrogen-bond acceptors (Lipinski definition) is 4. The lowest BCUT2D eigenvalue weighted by molar-refractivity contribution is 0.173. The van der Waals surface area contributed by atoms with Crippen LogP contribution in [0, 0.1) is 0 Å². The molecule has 110 valence electrons. The molecular formula is C17H19NO3. The van der Waals surface area contributed by atoms with Crippen LogP contribution in [0.1, 0.15) is 18.6 Å². The fourth-order valence-electron chi connectivity index (χ4n) is 2.29. The van der Waals surface area contributed by atoms with Gasteiger partial charge in [0.1, 0.15) is 11.9 Å². The fourth-order valence-corrected chi connectivity index (χ4v) is 2.29. The van der Waals surface area contributed by atoms with Crippen LogP contribution in [0.4, 0.5) is 0 Å². The Bertz CT molecular complexity index is 586. The maximum absolute atomic E-state index is 6.13. The Morgan fingerprint density at radius 2 is 1.90 bits per heavy atom. The Hall–Kier alpha value is -2.20. The van der Waals surface area contributed by atoms with E-state index in [0.29, 0.717) is 0 Å². The van der Waals surface area contributed by atoms with Gasteiger partial charge in [0.2, 0.25) is 6.79 Å². The number of ether oxygens (including phenoxy) is 3. The Balaban J connectivity index is 1.77. The number of likely N-dealkylation sites (N-methyl/N-ethyl adjacent to an activating group) is 1. The SMILES string of the molecule is CCNCC(Oc1ccc2c(c1)OCO2)c1ccccc1. The van der Waals surface area contributed by atoms with Gasteiger partial charge < -0.3 is 19.5 Å². The summed E-state index contributed by atoms with van der Waals surface area (Å²) in [5, 5.41) is 3.34. The lowest BCUT2D eigenvalue weighted by Crippen LogP contribution is -2.24. The van der Waals surface area contributed by atoms with Gasteiger partial charge in [-0.2, -0.15) is 0 Å². The third kappa shape index (κ3) is 3.28. The van der Waals surface area contributed by atoms with E-state index in [1.54, 1.807) is 0 Å². The zero-order valence-corrected chi connectivity index (χ0v) is 12.0. The first kappa shape index (κ1) is 13.8. The minimum absolute atomic E-state index is 0.0356. The van der Waals surface area contributed by atoms with Crippen molar-refractivity contribution in [3.8, 4) is 17.2 Å². The Labute approximate surface area is 124 Å². The highest BCUT2D eigenvalue weighted by Gasteiger charge is 2.17. The van der Waals surface area contributed by atoms with Gasteiger partial charge in [-0.15, -0.1) is 0 Å². The number of benzene rings is 2. The second-order valence-electron chi connectivity index (χ2n) is 4.84. The standard InChI is InChI=1S/C17H19NO3/c1-2-18-11-17(13-6-4-3-5-7-13)21-14-8-9-15-16(10-14)20-12-19-15/h3-10,17-18H,2,11-12H2,1H3. The van der Waals surface area contributed by atoms with Crippen molar-refractivity contribution in [3.63, 3.8) is 0 Å². The van der Waals surface area contributed by atoms with Gasteiger partial charge in [0, 0.05) is 12.6 Å². The van der Waals surface area contributed by atoms with Crippen molar-refractivity contribution in [2.24, 2.45) is 0 Å². The Morgan fingerprint density at radius 3 is 2.71 bits per heavy atom. The summed E-state index contributed by atoms with van der Waals surface area (Å²) in [5.74, 6) is 2.29. The van der Waals surface area contributed by atoms with Crippen LogP contribution in [0.25, 0.3) is 0 Å². The number of fused-ring (bicyclic) bond motifs is 1. The highest BCUT2D eigenvalue weighted by Crippen LogP contribution is 2.36. The van der Waals surface area contributed by atoms with Crippen molar-refractivity contribution in [1.82, 2.24) is 5.32 Å². The summed E-state index contributed by atoms with van der Waals surface area (Å²) in [5.41, 5.74) is 1.15. The fraction of sp³-hybridized carbons (Fsp3) is 0.294. The molecule has 2 aromatic carbocycles. The predicted octanol–water partition coefficient (Wildman–Crippen LogP) is 3.14. The maximum atomic E-state index is 6.13. The molecule has 0 aromatic heterocycles. The minimum Gasteiger partial charge on any atom is -0.484 e. The molecule has 0 saturated carbocycles. The van der Waals surface area contributed by atoms with E-state index >= 15 is 0 Å². The molecule has 4 nitrogen and oxygen atoms in total. The molecule has 0 bridgehead atoms. The zero-order valence-electron chi connectivity index (χ0n) is 12.0. The van der Waals surface area contributed by atoms with E-state index in [0.717, 1.165) is 35.9 Å². The van der Waals surface area contributed by atoms with Crippen LogP contribution in [-0.2, 0) is 0 Å². The first-order valence-electron chi connectivity index (χ1n) is 7.19. The largest absolute Gasteiger partial charge is 0.484 e. The average molecular weight is 285 g/mol. The molecule has 1 aliphatic heterocycles. The number of rotatable bonds is 6. The number of hydrogen-bond donors (Lipinski definition) is 1. The highest BCUT2D eigenvalue weighted by atomic mass is 16.7. The van der Waals surface area contributed by atoms with E-state index in [9.17, 15) is 0 Å². The molecule has 21 heavy (non-hydrogen) atoms. The second-order valence-corrected chi connectivity index (χ2v) is 4.84. The molecule has 0 radical (unpaired) electrons. The molecule has 0 amide bonds. The van der Waals surface area contributed by atoms with Crippen molar-refractivity contribution >= 4 is 0 Å². The quantitative estimate of drug-likeness (QED) is 0.885. The summed E-state index contributed by atoms with van der Waals surface area (Å²) >= 11 is 0. The third-order valence-corrected chi connectivity index (χ3v) is 3.37. The van der Waals surface area contributed by atoms with Gasteiger partial charge >= 0.3 is 0 Å². The van der Waals surface area contributed by atoms with Crippen molar-refractivity contribution in [2.45, 2.75) is 13.0 Å². The molecular weight excluding hydrogens is 266 g/mol.